The van der Waals surface area contributed by atoms with E-state index in [0.717, 1.165) is 29.5 Å². The molecule has 1 heterocycles. The molecule has 0 amide bonds. The smallest absolute Gasteiger partial charge is 0.337 e. The molecule has 0 radical (unpaired) electrons. The number of sulfonamides is 1. The Bertz CT molecular complexity index is 820. The minimum absolute atomic E-state index is 0.0416. The Morgan fingerprint density at radius 1 is 1.29 bits per heavy atom. The molecule has 5 nitrogen and oxygen atoms in total. The lowest BCUT2D eigenvalue weighted by Crippen LogP contribution is -2.15. The van der Waals surface area contributed by atoms with Gasteiger partial charge in [0, 0.05) is 0 Å². The van der Waals surface area contributed by atoms with E-state index in [-0.39, 0.29) is 10.6 Å². The molecular weight excluding hydrogens is 453 g/mol. The van der Waals surface area contributed by atoms with Crippen molar-refractivity contribution in [3.63, 3.8) is 0 Å². The van der Waals surface area contributed by atoms with Crippen molar-refractivity contribution in [3.05, 3.63) is 43.2 Å². The van der Waals surface area contributed by atoms with E-state index >= 15 is 0 Å². The molecule has 10 heteroatoms. The average Bonchev–Trinajstić information content (AvgIpc) is 2.71. The molecule has 0 aliphatic heterocycles. The molecule has 0 aliphatic carbocycles. The number of hydrogen-bond donors (Lipinski definition) is 2. The molecule has 2 N–H and O–H groups in total. The zero-order chi connectivity index (χ0) is 15.8. The number of nitrogens with one attached hydrogen (secondary N) is 1. The van der Waals surface area contributed by atoms with Gasteiger partial charge in [-0.1, -0.05) is 0 Å². The third-order valence-corrected chi connectivity index (χ3v) is 6.49. The molecule has 0 unspecified atom stereocenters. The van der Waals surface area contributed by atoms with Gasteiger partial charge in [0.15, 0.2) is 0 Å². The summed E-state index contributed by atoms with van der Waals surface area (Å²) in [5.74, 6) is -2.20. The highest BCUT2D eigenvalue weighted by atomic mass is 79.9. The van der Waals surface area contributed by atoms with Gasteiger partial charge in [0.25, 0.3) is 10.0 Å². The maximum atomic E-state index is 13.1. The van der Waals surface area contributed by atoms with Crippen LogP contribution in [0.15, 0.2) is 36.7 Å². The number of thiophene rings is 1. The van der Waals surface area contributed by atoms with E-state index in [2.05, 4.69) is 36.6 Å². The van der Waals surface area contributed by atoms with E-state index in [1.54, 1.807) is 0 Å². The van der Waals surface area contributed by atoms with Crippen molar-refractivity contribution in [1.29, 1.82) is 0 Å². The summed E-state index contributed by atoms with van der Waals surface area (Å²) >= 11 is 7.44. The molecule has 2 aromatic rings. The van der Waals surface area contributed by atoms with Crippen molar-refractivity contribution in [3.8, 4) is 0 Å². The second kappa shape index (κ2) is 6.03. The van der Waals surface area contributed by atoms with E-state index in [4.69, 9.17) is 5.11 Å². The third-order valence-electron chi connectivity index (χ3n) is 2.37. The van der Waals surface area contributed by atoms with Gasteiger partial charge in [-0.05, 0) is 56.1 Å². The lowest BCUT2D eigenvalue weighted by atomic mass is 10.2. The Morgan fingerprint density at radius 3 is 2.48 bits per heavy atom. The van der Waals surface area contributed by atoms with Gasteiger partial charge in [0.05, 0.1) is 18.8 Å². The van der Waals surface area contributed by atoms with Gasteiger partial charge in [-0.15, -0.1) is 11.3 Å². The summed E-state index contributed by atoms with van der Waals surface area (Å²) in [5, 5.41) is 9.00. The summed E-state index contributed by atoms with van der Waals surface area (Å²) < 4.78 is 40.7. The fourth-order valence-electron chi connectivity index (χ4n) is 1.49. The first-order valence-corrected chi connectivity index (χ1v) is 9.10. The number of halogens is 3. The Balaban J connectivity index is 2.47. The predicted molar refractivity (Wildman–Crippen MR) is 83.9 cm³/mol. The van der Waals surface area contributed by atoms with Crippen LogP contribution in [0.1, 0.15) is 10.4 Å². The topological polar surface area (TPSA) is 83.5 Å². The largest absolute Gasteiger partial charge is 0.478 e. The lowest BCUT2D eigenvalue weighted by Gasteiger charge is -2.10. The van der Waals surface area contributed by atoms with Gasteiger partial charge >= 0.3 is 5.97 Å². The summed E-state index contributed by atoms with van der Waals surface area (Å²) in [6.07, 6.45) is 0. The molecule has 0 atom stereocenters. The summed E-state index contributed by atoms with van der Waals surface area (Å²) in [5.41, 5.74) is -0.679. The van der Waals surface area contributed by atoms with Crippen LogP contribution in [0.2, 0.25) is 0 Å². The van der Waals surface area contributed by atoms with Crippen LogP contribution in [0.3, 0.4) is 0 Å². The SMILES string of the molecule is O=C(O)c1cc(F)ccc1NS(=O)(=O)c1cc(Br)sc1Br. The van der Waals surface area contributed by atoms with Crippen LogP contribution in [0.5, 0.6) is 0 Å². The third kappa shape index (κ3) is 3.62. The molecule has 0 saturated carbocycles. The van der Waals surface area contributed by atoms with Crippen molar-refractivity contribution in [2.75, 3.05) is 4.72 Å². The quantitative estimate of drug-likeness (QED) is 0.727. The Kier molecular flexibility index (Phi) is 4.71. The number of carboxylic acids is 1. The van der Waals surface area contributed by atoms with Gasteiger partial charge in [-0.25, -0.2) is 17.6 Å². The van der Waals surface area contributed by atoms with Crippen LogP contribution in [-0.4, -0.2) is 19.5 Å². The molecule has 112 valence electrons. The molecule has 21 heavy (non-hydrogen) atoms. The van der Waals surface area contributed by atoms with E-state index in [1.165, 1.54) is 6.07 Å². The standard InChI is InChI=1S/C11H6Br2FNO4S2/c12-9-4-8(10(13)20-9)21(18,19)15-7-2-1-5(14)3-6(7)11(16)17/h1-4,15H,(H,16,17). The summed E-state index contributed by atoms with van der Waals surface area (Å²) in [6, 6.07) is 4.16. The maximum absolute atomic E-state index is 13.1. The van der Waals surface area contributed by atoms with Gasteiger partial charge < -0.3 is 5.11 Å². The number of anilines is 1. The number of hydrogen-bond acceptors (Lipinski definition) is 4. The molecule has 1 aromatic heterocycles. The predicted octanol–water partition coefficient (Wildman–Crippen LogP) is 3.91. The highest BCUT2D eigenvalue weighted by Crippen LogP contribution is 2.35. The molecule has 0 fully saturated rings. The molecule has 0 aliphatic rings. The number of aromatic carboxylic acids is 1. The number of benzene rings is 1. The Labute approximate surface area is 140 Å². The highest BCUT2D eigenvalue weighted by Gasteiger charge is 2.23. The summed E-state index contributed by atoms with van der Waals surface area (Å²) in [4.78, 5) is 11.0. The fourth-order valence-corrected chi connectivity index (χ4v) is 6.38. The zero-order valence-electron chi connectivity index (χ0n) is 9.93. The normalized spacial score (nSPS) is 11.4. The van der Waals surface area contributed by atoms with Crippen molar-refractivity contribution in [2.45, 2.75) is 4.90 Å². The molecule has 1 aromatic carbocycles. The second-order valence-corrected chi connectivity index (χ2v) is 9.19. The van der Waals surface area contributed by atoms with Crippen molar-refractivity contribution in [1.82, 2.24) is 0 Å². The van der Waals surface area contributed by atoms with Crippen LogP contribution in [0.25, 0.3) is 0 Å². The van der Waals surface area contributed by atoms with E-state index in [1.807, 2.05) is 0 Å². The van der Waals surface area contributed by atoms with Crippen LogP contribution in [0, 0.1) is 5.82 Å². The van der Waals surface area contributed by atoms with Crippen molar-refractivity contribution < 1.29 is 22.7 Å². The monoisotopic (exact) mass is 457 g/mol. The zero-order valence-corrected chi connectivity index (χ0v) is 14.7. The highest BCUT2D eigenvalue weighted by molar-refractivity contribution is 9.12. The van der Waals surface area contributed by atoms with Crippen LogP contribution in [0.4, 0.5) is 10.1 Å². The lowest BCUT2D eigenvalue weighted by molar-refractivity contribution is 0.0697. The van der Waals surface area contributed by atoms with Crippen LogP contribution >= 0.6 is 43.2 Å². The van der Waals surface area contributed by atoms with Gasteiger partial charge in [-0.3, -0.25) is 4.72 Å². The number of carboxylic acid groups (broad SMARTS) is 1. The van der Waals surface area contributed by atoms with E-state index < -0.39 is 27.4 Å². The molecule has 2 rings (SSSR count). The minimum Gasteiger partial charge on any atom is -0.478 e. The van der Waals surface area contributed by atoms with Crippen molar-refractivity contribution in [2.24, 2.45) is 0 Å². The average molecular weight is 459 g/mol. The first kappa shape index (κ1) is 16.4. The Morgan fingerprint density at radius 2 is 1.95 bits per heavy atom. The van der Waals surface area contributed by atoms with Crippen molar-refractivity contribution >= 4 is 64.9 Å². The second-order valence-electron chi connectivity index (χ2n) is 3.79. The minimum atomic E-state index is -3.99. The Hall–Kier alpha value is -0.970. The fraction of sp³-hybridized carbons (Fsp3) is 0. The van der Waals surface area contributed by atoms with E-state index in [9.17, 15) is 17.6 Å². The first-order chi connectivity index (χ1) is 9.70. The van der Waals surface area contributed by atoms with Gasteiger partial charge in [0.1, 0.15) is 10.7 Å². The molecule has 0 spiro atoms. The molecule has 0 saturated heterocycles. The van der Waals surface area contributed by atoms with E-state index in [0.29, 0.717) is 7.57 Å². The number of rotatable bonds is 4. The van der Waals surface area contributed by atoms with Gasteiger partial charge in [0.2, 0.25) is 0 Å². The maximum Gasteiger partial charge on any atom is 0.337 e. The summed E-state index contributed by atoms with van der Waals surface area (Å²) in [7, 11) is -3.99. The molecular formula is C11H6Br2FNO4S2. The summed E-state index contributed by atoms with van der Waals surface area (Å²) in [6.45, 7) is 0. The van der Waals surface area contributed by atoms with Crippen LogP contribution < -0.4 is 4.72 Å². The first-order valence-electron chi connectivity index (χ1n) is 5.21. The van der Waals surface area contributed by atoms with Crippen LogP contribution in [-0.2, 0) is 10.0 Å². The molecule has 0 bridgehead atoms. The number of carbonyl (C=O) groups is 1. The van der Waals surface area contributed by atoms with Gasteiger partial charge in [-0.2, -0.15) is 0 Å².